The van der Waals surface area contributed by atoms with Crippen LogP contribution >= 0.6 is 11.8 Å². The number of amides is 2. The molecule has 0 saturated carbocycles. The predicted molar refractivity (Wildman–Crippen MR) is 105 cm³/mol. The highest BCUT2D eigenvalue weighted by atomic mass is 32.2. The lowest BCUT2D eigenvalue weighted by Gasteiger charge is -2.10. The molecular weight excluding hydrogens is 400 g/mol. The average Bonchev–Trinajstić information content (AvgIpc) is 3.23. The maximum absolute atomic E-state index is 12.4. The maximum Gasteiger partial charge on any atom is 0.326 e. The average molecular weight is 416 g/mol. The highest BCUT2D eigenvalue weighted by molar-refractivity contribution is 8.18. The molecule has 1 fully saturated rings. The number of nitro benzene ring substituents is 1. The van der Waals surface area contributed by atoms with Crippen molar-refractivity contribution in [3.63, 3.8) is 0 Å². The van der Waals surface area contributed by atoms with Crippen LogP contribution in [0.2, 0.25) is 0 Å². The van der Waals surface area contributed by atoms with Crippen LogP contribution in [0.4, 0.5) is 10.5 Å². The highest BCUT2D eigenvalue weighted by Gasteiger charge is 2.36. The van der Waals surface area contributed by atoms with Gasteiger partial charge in [-0.25, -0.2) is 0 Å². The van der Waals surface area contributed by atoms with Crippen LogP contribution in [0.25, 0.3) is 17.4 Å². The van der Waals surface area contributed by atoms with E-state index in [4.69, 9.17) is 9.15 Å². The zero-order valence-corrected chi connectivity index (χ0v) is 16.4. The second kappa shape index (κ2) is 8.31. The number of carbonyl (C=O) groups is 3. The summed E-state index contributed by atoms with van der Waals surface area (Å²) < 4.78 is 10.4. The number of benzene rings is 1. The quantitative estimate of drug-likeness (QED) is 0.302. The minimum absolute atomic E-state index is 0.0273. The van der Waals surface area contributed by atoms with Gasteiger partial charge in [0, 0.05) is 23.3 Å². The molecule has 1 aromatic carbocycles. The zero-order chi connectivity index (χ0) is 21.1. The first-order valence-corrected chi connectivity index (χ1v) is 9.38. The number of hydrogen-bond donors (Lipinski definition) is 0. The van der Waals surface area contributed by atoms with Crippen molar-refractivity contribution in [2.24, 2.45) is 0 Å². The fourth-order valence-corrected chi connectivity index (χ4v) is 3.46. The van der Waals surface area contributed by atoms with E-state index in [2.05, 4.69) is 0 Å². The molecule has 0 atom stereocenters. The predicted octanol–water partition coefficient (Wildman–Crippen LogP) is 3.76. The summed E-state index contributed by atoms with van der Waals surface area (Å²) >= 11 is 0.692. The van der Waals surface area contributed by atoms with E-state index in [1.807, 2.05) is 0 Å². The van der Waals surface area contributed by atoms with E-state index < -0.39 is 28.6 Å². The molecule has 150 valence electrons. The standard InChI is InChI=1S/C19H16N2O7S/c1-3-27-17(22)10-20-18(23)16(29-19(20)24)9-13-6-7-15(28-13)12-5-4-11(2)14(8-12)21(25)26/h4-9H,3,10H2,1-2H3/b16-9-. The molecule has 1 aromatic heterocycles. The Labute approximate surface area is 169 Å². The number of aryl methyl sites for hydroxylation is 1. The number of nitro groups is 1. The van der Waals surface area contributed by atoms with Gasteiger partial charge in [0.1, 0.15) is 18.1 Å². The normalized spacial score (nSPS) is 15.2. The number of furan rings is 1. The SMILES string of the molecule is CCOC(=O)CN1C(=O)S/C(=C\c2ccc(-c3ccc(C)c([N+](=O)[O-])c3)o2)C1=O. The van der Waals surface area contributed by atoms with Gasteiger partial charge in [0.25, 0.3) is 16.8 Å². The third-order valence-electron chi connectivity index (χ3n) is 4.06. The van der Waals surface area contributed by atoms with Crippen LogP contribution in [-0.4, -0.2) is 40.1 Å². The van der Waals surface area contributed by atoms with Crippen LogP contribution in [0.3, 0.4) is 0 Å². The van der Waals surface area contributed by atoms with Gasteiger partial charge in [0.2, 0.25) is 0 Å². The molecule has 0 bridgehead atoms. The van der Waals surface area contributed by atoms with Crippen molar-refractivity contribution in [2.45, 2.75) is 13.8 Å². The van der Waals surface area contributed by atoms with E-state index in [-0.39, 0.29) is 17.2 Å². The number of esters is 1. The zero-order valence-electron chi connectivity index (χ0n) is 15.5. The Morgan fingerprint density at radius 2 is 2.07 bits per heavy atom. The number of thioether (sulfide) groups is 1. The van der Waals surface area contributed by atoms with Gasteiger partial charge in [-0.1, -0.05) is 12.1 Å². The molecule has 0 spiro atoms. The lowest BCUT2D eigenvalue weighted by Crippen LogP contribution is -2.34. The summed E-state index contributed by atoms with van der Waals surface area (Å²) in [7, 11) is 0. The van der Waals surface area contributed by atoms with Gasteiger partial charge in [-0.3, -0.25) is 29.4 Å². The Hall–Kier alpha value is -3.40. The second-order valence-electron chi connectivity index (χ2n) is 6.03. The van der Waals surface area contributed by atoms with E-state index in [1.165, 1.54) is 12.1 Å². The van der Waals surface area contributed by atoms with Gasteiger partial charge in [0.15, 0.2) is 0 Å². The van der Waals surface area contributed by atoms with Crippen molar-refractivity contribution in [2.75, 3.05) is 13.2 Å². The first-order valence-electron chi connectivity index (χ1n) is 8.56. The topological polar surface area (TPSA) is 120 Å². The Morgan fingerprint density at radius 1 is 1.31 bits per heavy atom. The number of rotatable bonds is 6. The van der Waals surface area contributed by atoms with Crippen LogP contribution < -0.4 is 0 Å². The molecule has 1 aliphatic heterocycles. The molecule has 29 heavy (non-hydrogen) atoms. The Balaban J connectivity index is 1.81. The van der Waals surface area contributed by atoms with Crippen LogP contribution in [0.1, 0.15) is 18.2 Å². The molecule has 9 nitrogen and oxygen atoms in total. The number of ether oxygens (including phenoxy) is 1. The largest absolute Gasteiger partial charge is 0.465 e. The number of carbonyl (C=O) groups excluding carboxylic acids is 3. The van der Waals surface area contributed by atoms with Crippen molar-refractivity contribution >= 4 is 40.6 Å². The first kappa shape index (κ1) is 20.3. The first-order chi connectivity index (χ1) is 13.8. The van der Waals surface area contributed by atoms with Gasteiger partial charge in [-0.2, -0.15) is 0 Å². The molecular formula is C19H16N2O7S. The van der Waals surface area contributed by atoms with E-state index in [0.29, 0.717) is 34.4 Å². The van der Waals surface area contributed by atoms with Gasteiger partial charge >= 0.3 is 5.97 Å². The number of nitrogens with zero attached hydrogens (tertiary/aromatic N) is 2. The lowest BCUT2D eigenvalue weighted by molar-refractivity contribution is -0.385. The third-order valence-corrected chi connectivity index (χ3v) is 4.96. The van der Waals surface area contributed by atoms with E-state index in [0.717, 1.165) is 4.90 Å². The van der Waals surface area contributed by atoms with Crippen molar-refractivity contribution in [3.05, 3.63) is 56.7 Å². The molecule has 2 amide bonds. The van der Waals surface area contributed by atoms with Crippen LogP contribution in [0.5, 0.6) is 0 Å². The lowest BCUT2D eigenvalue weighted by atomic mass is 10.1. The third kappa shape index (κ3) is 4.37. The molecule has 1 saturated heterocycles. The monoisotopic (exact) mass is 416 g/mol. The van der Waals surface area contributed by atoms with Gasteiger partial charge < -0.3 is 9.15 Å². The van der Waals surface area contributed by atoms with Crippen LogP contribution in [0.15, 0.2) is 39.7 Å². The molecule has 3 rings (SSSR count). The van der Waals surface area contributed by atoms with E-state index in [1.54, 1.807) is 38.1 Å². The fourth-order valence-electron chi connectivity index (χ4n) is 2.65. The molecule has 2 aromatic rings. The van der Waals surface area contributed by atoms with Gasteiger partial charge in [0.05, 0.1) is 16.4 Å². The second-order valence-corrected chi connectivity index (χ2v) is 7.03. The minimum atomic E-state index is -0.669. The van der Waals surface area contributed by atoms with E-state index in [9.17, 15) is 24.5 Å². The smallest absolute Gasteiger partial charge is 0.326 e. The summed E-state index contributed by atoms with van der Waals surface area (Å²) in [6.45, 7) is 2.97. The molecule has 0 aliphatic carbocycles. The Morgan fingerprint density at radius 3 is 2.76 bits per heavy atom. The molecule has 1 aliphatic rings. The summed E-state index contributed by atoms with van der Waals surface area (Å²) in [5, 5.41) is 10.5. The van der Waals surface area contributed by atoms with Gasteiger partial charge in [-0.05, 0) is 37.7 Å². The summed E-state index contributed by atoms with van der Waals surface area (Å²) in [5.41, 5.74) is 1.01. The molecule has 10 heteroatoms. The maximum atomic E-state index is 12.4. The summed E-state index contributed by atoms with van der Waals surface area (Å²) in [4.78, 5) is 47.5. The Kier molecular flexibility index (Phi) is 5.83. The summed E-state index contributed by atoms with van der Waals surface area (Å²) in [6.07, 6.45) is 1.39. The van der Waals surface area contributed by atoms with Crippen molar-refractivity contribution < 1.29 is 28.5 Å². The summed E-state index contributed by atoms with van der Waals surface area (Å²) in [6, 6.07) is 7.92. The number of hydrogen-bond acceptors (Lipinski definition) is 8. The fraction of sp³-hybridized carbons (Fsp3) is 0.211. The van der Waals surface area contributed by atoms with Gasteiger partial charge in [-0.15, -0.1) is 0 Å². The number of imide groups is 1. The molecule has 0 N–H and O–H groups in total. The van der Waals surface area contributed by atoms with E-state index >= 15 is 0 Å². The molecule has 2 heterocycles. The van der Waals surface area contributed by atoms with Crippen LogP contribution in [-0.2, 0) is 14.3 Å². The van der Waals surface area contributed by atoms with Crippen molar-refractivity contribution in [3.8, 4) is 11.3 Å². The highest BCUT2D eigenvalue weighted by Crippen LogP contribution is 2.34. The van der Waals surface area contributed by atoms with Crippen molar-refractivity contribution in [1.82, 2.24) is 4.90 Å². The Bertz CT molecular complexity index is 1040. The minimum Gasteiger partial charge on any atom is -0.465 e. The molecule has 0 unspecified atom stereocenters. The summed E-state index contributed by atoms with van der Waals surface area (Å²) in [5.74, 6) is -0.607. The molecule has 0 radical (unpaired) electrons. The van der Waals surface area contributed by atoms with Crippen LogP contribution in [0, 0.1) is 17.0 Å². The van der Waals surface area contributed by atoms with Crippen molar-refractivity contribution in [1.29, 1.82) is 0 Å².